The molecule has 0 atom stereocenters. The molecule has 0 aliphatic heterocycles. The van der Waals surface area contributed by atoms with Crippen LogP contribution in [0, 0.1) is 6.92 Å². The van der Waals surface area contributed by atoms with Crippen LogP contribution in [-0.2, 0) is 0 Å². The normalized spacial score (nSPS) is 9.93. The fraction of sp³-hybridized carbons (Fsp3) is 0.364. The zero-order valence-electron chi connectivity index (χ0n) is 8.76. The summed E-state index contributed by atoms with van der Waals surface area (Å²) < 4.78 is 5.15. The lowest BCUT2D eigenvalue weighted by Crippen LogP contribution is -2.19. The van der Waals surface area contributed by atoms with Gasteiger partial charge in [-0.2, -0.15) is 0 Å². The van der Waals surface area contributed by atoms with E-state index >= 15 is 0 Å². The fourth-order valence-electron chi connectivity index (χ4n) is 1.28. The SMILES string of the molecule is CNCC(=O)c1ccc(C)cc1OC. The molecule has 0 radical (unpaired) electrons. The number of benzene rings is 1. The molecule has 0 amide bonds. The van der Waals surface area contributed by atoms with Gasteiger partial charge in [-0.05, 0) is 31.7 Å². The van der Waals surface area contributed by atoms with Gasteiger partial charge < -0.3 is 10.1 Å². The first-order valence-corrected chi connectivity index (χ1v) is 4.51. The molecule has 0 heterocycles. The third kappa shape index (κ3) is 2.33. The Hall–Kier alpha value is -1.35. The Morgan fingerprint density at radius 1 is 1.50 bits per heavy atom. The third-order valence-corrected chi connectivity index (χ3v) is 1.99. The van der Waals surface area contributed by atoms with Gasteiger partial charge in [0.2, 0.25) is 0 Å². The first kappa shape index (κ1) is 10.7. The highest BCUT2D eigenvalue weighted by molar-refractivity contribution is 6.00. The Morgan fingerprint density at radius 2 is 2.21 bits per heavy atom. The molecular weight excluding hydrogens is 178 g/mol. The van der Waals surface area contributed by atoms with E-state index in [1.54, 1.807) is 20.2 Å². The molecular formula is C11H15NO2. The van der Waals surface area contributed by atoms with Gasteiger partial charge >= 0.3 is 0 Å². The van der Waals surface area contributed by atoms with Crippen molar-refractivity contribution in [2.45, 2.75) is 6.92 Å². The van der Waals surface area contributed by atoms with Crippen LogP contribution in [0.4, 0.5) is 0 Å². The predicted molar refractivity (Wildman–Crippen MR) is 56.0 cm³/mol. The molecule has 0 unspecified atom stereocenters. The largest absolute Gasteiger partial charge is 0.496 e. The number of hydrogen-bond donors (Lipinski definition) is 1. The summed E-state index contributed by atoms with van der Waals surface area (Å²) in [5.41, 5.74) is 1.72. The minimum absolute atomic E-state index is 0.0457. The number of nitrogens with one attached hydrogen (secondary N) is 1. The van der Waals surface area contributed by atoms with Crippen molar-refractivity contribution < 1.29 is 9.53 Å². The summed E-state index contributed by atoms with van der Waals surface area (Å²) in [4.78, 5) is 11.6. The summed E-state index contributed by atoms with van der Waals surface area (Å²) in [7, 11) is 3.32. The van der Waals surface area contributed by atoms with Gasteiger partial charge in [-0.3, -0.25) is 4.79 Å². The van der Waals surface area contributed by atoms with Crippen LogP contribution in [0.15, 0.2) is 18.2 Å². The monoisotopic (exact) mass is 193 g/mol. The molecule has 3 nitrogen and oxygen atoms in total. The second-order valence-electron chi connectivity index (χ2n) is 3.16. The smallest absolute Gasteiger partial charge is 0.180 e. The zero-order chi connectivity index (χ0) is 10.6. The highest BCUT2D eigenvalue weighted by atomic mass is 16.5. The molecule has 0 bridgehead atoms. The molecule has 76 valence electrons. The van der Waals surface area contributed by atoms with E-state index in [4.69, 9.17) is 4.74 Å². The molecule has 1 rings (SSSR count). The summed E-state index contributed by atoms with van der Waals surface area (Å²) in [5.74, 6) is 0.689. The minimum Gasteiger partial charge on any atom is -0.496 e. The van der Waals surface area contributed by atoms with Gasteiger partial charge in [0.05, 0.1) is 19.2 Å². The number of methoxy groups -OCH3 is 1. The summed E-state index contributed by atoms with van der Waals surface area (Å²) in [6.07, 6.45) is 0. The summed E-state index contributed by atoms with van der Waals surface area (Å²) >= 11 is 0. The average Bonchev–Trinajstić information content (AvgIpc) is 2.17. The van der Waals surface area contributed by atoms with Gasteiger partial charge in [-0.1, -0.05) is 6.07 Å². The van der Waals surface area contributed by atoms with Crippen molar-refractivity contribution >= 4 is 5.78 Å². The standard InChI is InChI=1S/C11H15NO2/c1-8-4-5-9(10(13)7-12-2)11(6-8)14-3/h4-6,12H,7H2,1-3H3. The van der Waals surface area contributed by atoms with Crippen LogP contribution in [0.1, 0.15) is 15.9 Å². The van der Waals surface area contributed by atoms with Gasteiger partial charge in [0.15, 0.2) is 5.78 Å². The van der Waals surface area contributed by atoms with Crippen LogP contribution in [0.5, 0.6) is 5.75 Å². The van der Waals surface area contributed by atoms with Gasteiger partial charge in [-0.15, -0.1) is 0 Å². The molecule has 0 aliphatic rings. The number of rotatable bonds is 4. The number of hydrogen-bond acceptors (Lipinski definition) is 3. The van der Waals surface area contributed by atoms with Crippen LogP contribution in [-0.4, -0.2) is 26.5 Å². The first-order valence-electron chi connectivity index (χ1n) is 4.51. The Balaban J connectivity index is 3.01. The quantitative estimate of drug-likeness (QED) is 0.735. The molecule has 3 heteroatoms. The predicted octanol–water partition coefficient (Wildman–Crippen LogP) is 1.41. The Labute approximate surface area is 84.1 Å². The lowest BCUT2D eigenvalue weighted by atomic mass is 10.1. The van der Waals surface area contributed by atoms with E-state index in [2.05, 4.69) is 5.32 Å². The molecule has 0 aliphatic carbocycles. The lowest BCUT2D eigenvalue weighted by Gasteiger charge is -2.07. The molecule has 0 aromatic heterocycles. The summed E-state index contributed by atoms with van der Waals surface area (Å²) in [5, 5.41) is 2.83. The highest BCUT2D eigenvalue weighted by Crippen LogP contribution is 2.19. The maximum absolute atomic E-state index is 11.6. The van der Waals surface area contributed by atoms with Crippen LogP contribution in [0.2, 0.25) is 0 Å². The molecule has 14 heavy (non-hydrogen) atoms. The summed E-state index contributed by atoms with van der Waals surface area (Å²) in [6, 6.07) is 5.57. The number of Topliss-reactive ketones (excluding diaryl/α,β-unsaturated/α-hetero) is 1. The second-order valence-corrected chi connectivity index (χ2v) is 3.16. The second kappa shape index (κ2) is 4.77. The van der Waals surface area contributed by atoms with Gasteiger partial charge in [0, 0.05) is 0 Å². The zero-order valence-corrected chi connectivity index (χ0v) is 8.76. The summed E-state index contributed by atoms with van der Waals surface area (Å²) in [6.45, 7) is 2.30. The van der Waals surface area contributed by atoms with Crippen LogP contribution >= 0.6 is 0 Å². The van der Waals surface area contributed by atoms with Gasteiger partial charge in [0.1, 0.15) is 5.75 Å². The Bertz CT molecular complexity index is 334. The van der Waals surface area contributed by atoms with Crippen molar-refractivity contribution in [3.8, 4) is 5.75 Å². The van der Waals surface area contributed by atoms with Crippen molar-refractivity contribution in [2.24, 2.45) is 0 Å². The fourth-order valence-corrected chi connectivity index (χ4v) is 1.28. The maximum atomic E-state index is 11.6. The van der Waals surface area contributed by atoms with E-state index in [1.807, 2.05) is 19.1 Å². The first-order chi connectivity index (χ1) is 6.69. The Morgan fingerprint density at radius 3 is 2.79 bits per heavy atom. The van der Waals surface area contributed by atoms with E-state index in [1.165, 1.54) is 0 Å². The minimum atomic E-state index is 0.0457. The molecule has 0 spiro atoms. The molecule has 1 aromatic carbocycles. The Kier molecular flexibility index (Phi) is 3.65. The lowest BCUT2D eigenvalue weighted by molar-refractivity contribution is 0.0990. The molecule has 0 saturated carbocycles. The van der Waals surface area contributed by atoms with Crippen LogP contribution in [0.3, 0.4) is 0 Å². The number of ketones is 1. The van der Waals surface area contributed by atoms with E-state index in [9.17, 15) is 4.79 Å². The van der Waals surface area contributed by atoms with E-state index in [0.717, 1.165) is 5.56 Å². The van der Waals surface area contributed by atoms with E-state index < -0.39 is 0 Å². The third-order valence-electron chi connectivity index (χ3n) is 1.99. The van der Waals surface area contributed by atoms with Crippen molar-refractivity contribution in [1.82, 2.24) is 5.32 Å². The molecule has 1 aromatic rings. The van der Waals surface area contributed by atoms with Crippen molar-refractivity contribution in [3.05, 3.63) is 29.3 Å². The number of carbonyl (C=O) groups excluding carboxylic acids is 1. The molecule has 0 saturated heterocycles. The molecule has 0 fully saturated rings. The maximum Gasteiger partial charge on any atom is 0.180 e. The number of likely N-dealkylation sites (N-methyl/N-ethyl adjacent to an activating group) is 1. The highest BCUT2D eigenvalue weighted by Gasteiger charge is 2.10. The van der Waals surface area contributed by atoms with Gasteiger partial charge in [0.25, 0.3) is 0 Å². The number of carbonyl (C=O) groups is 1. The average molecular weight is 193 g/mol. The molecule has 1 N–H and O–H groups in total. The van der Waals surface area contributed by atoms with Crippen molar-refractivity contribution in [3.63, 3.8) is 0 Å². The number of aryl methyl sites for hydroxylation is 1. The van der Waals surface area contributed by atoms with Crippen molar-refractivity contribution in [1.29, 1.82) is 0 Å². The van der Waals surface area contributed by atoms with E-state index in [0.29, 0.717) is 17.9 Å². The topological polar surface area (TPSA) is 38.3 Å². The number of ether oxygens (including phenoxy) is 1. The van der Waals surface area contributed by atoms with E-state index in [-0.39, 0.29) is 5.78 Å². The van der Waals surface area contributed by atoms with Crippen molar-refractivity contribution in [2.75, 3.05) is 20.7 Å². The van der Waals surface area contributed by atoms with Crippen LogP contribution in [0.25, 0.3) is 0 Å². The van der Waals surface area contributed by atoms with Crippen LogP contribution < -0.4 is 10.1 Å². The van der Waals surface area contributed by atoms with Gasteiger partial charge in [-0.25, -0.2) is 0 Å².